The third-order valence-corrected chi connectivity index (χ3v) is 8.19. The van der Waals surface area contributed by atoms with Crippen LogP contribution < -0.4 is 9.47 Å². The van der Waals surface area contributed by atoms with Gasteiger partial charge in [-0.2, -0.15) is 16.8 Å². The van der Waals surface area contributed by atoms with Crippen LogP contribution in [0.4, 0.5) is 0 Å². The molecule has 2 aliphatic carbocycles. The lowest BCUT2D eigenvalue weighted by atomic mass is 9.80. The Morgan fingerprint density at radius 3 is 2.12 bits per heavy atom. The van der Waals surface area contributed by atoms with Gasteiger partial charge < -0.3 is 9.47 Å². The van der Waals surface area contributed by atoms with Gasteiger partial charge in [-0.05, 0) is 29.8 Å². The van der Waals surface area contributed by atoms with E-state index in [2.05, 4.69) is 0 Å². The van der Waals surface area contributed by atoms with Crippen molar-refractivity contribution in [3.63, 3.8) is 0 Å². The van der Waals surface area contributed by atoms with Crippen LogP contribution in [0.25, 0.3) is 0 Å². The molecule has 41 heavy (non-hydrogen) atoms. The second kappa shape index (κ2) is 12.5. The van der Waals surface area contributed by atoms with Crippen molar-refractivity contribution in [1.82, 2.24) is 4.90 Å². The summed E-state index contributed by atoms with van der Waals surface area (Å²) >= 11 is 11.8. The molecule has 2 unspecified atom stereocenters. The maximum atomic E-state index is 13.8. The number of ether oxygens (including phenoxy) is 2. The van der Waals surface area contributed by atoms with E-state index in [-0.39, 0.29) is 52.2 Å². The summed E-state index contributed by atoms with van der Waals surface area (Å²) < 4.78 is 70.6. The van der Waals surface area contributed by atoms with Gasteiger partial charge in [0.05, 0.1) is 19.6 Å². The number of carbonyl (C=O) groups is 2. The van der Waals surface area contributed by atoms with Crippen LogP contribution in [0.5, 0.6) is 11.5 Å². The first-order valence-electron chi connectivity index (χ1n) is 12.5. The van der Waals surface area contributed by atoms with E-state index in [1.807, 2.05) is 4.90 Å². The van der Waals surface area contributed by atoms with Crippen molar-refractivity contribution in [2.24, 2.45) is 0 Å². The van der Waals surface area contributed by atoms with Gasteiger partial charge in [0.1, 0.15) is 30.3 Å². The summed E-state index contributed by atoms with van der Waals surface area (Å²) in [6.45, 7) is 1.54. The molecule has 2 aliphatic rings. The Labute approximate surface area is 248 Å². The summed E-state index contributed by atoms with van der Waals surface area (Å²) in [6.07, 6.45) is -1.39. The third kappa shape index (κ3) is 7.04. The molecule has 2 atom stereocenters. The van der Waals surface area contributed by atoms with E-state index in [1.165, 1.54) is 25.3 Å². The Balaban J connectivity index is 1.87. The average molecular weight is 651 g/mol. The van der Waals surface area contributed by atoms with E-state index in [9.17, 15) is 26.4 Å². The number of hydrogen-bond acceptors (Lipinski definition) is 11. The Hall–Kier alpha value is -2.26. The van der Waals surface area contributed by atoms with Gasteiger partial charge in [0.2, 0.25) is 0 Å². The largest absolute Gasteiger partial charge is 0.497 e. The summed E-state index contributed by atoms with van der Waals surface area (Å²) in [5.74, 6) is 0.205. The minimum absolute atomic E-state index is 0.0163. The van der Waals surface area contributed by atoms with Crippen molar-refractivity contribution in [3.8, 4) is 11.5 Å². The predicted octanol–water partition coefficient (Wildman–Crippen LogP) is 2.55. The van der Waals surface area contributed by atoms with Crippen molar-refractivity contribution in [2.45, 2.75) is 18.6 Å². The van der Waals surface area contributed by atoms with Crippen LogP contribution >= 0.6 is 23.2 Å². The molecule has 0 heterocycles. The molecule has 0 radical (unpaired) electrons. The molecule has 15 heteroatoms. The summed E-state index contributed by atoms with van der Waals surface area (Å²) in [5.41, 5.74) is 0.655. The lowest BCUT2D eigenvalue weighted by Crippen LogP contribution is -2.32. The Morgan fingerprint density at radius 1 is 0.878 bits per heavy atom. The zero-order valence-corrected chi connectivity index (χ0v) is 25.7. The molecule has 0 spiro atoms. The van der Waals surface area contributed by atoms with Gasteiger partial charge in [-0.3, -0.25) is 22.9 Å². The smallest absolute Gasteiger partial charge is 0.265 e. The number of carbonyl (C=O) groups excluding carboxylic acids is 2. The summed E-state index contributed by atoms with van der Waals surface area (Å²) in [7, 11) is -6.79. The first-order valence-corrected chi connectivity index (χ1v) is 17.2. The number of fused-ring (bicyclic) bond motifs is 4. The molecular weight excluding hydrogens is 621 g/mol. The monoisotopic (exact) mass is 649 g/mol. The maximum Gasteiger partial charge on any atom is 0.265 e. The zero-order chi connectivity index (χ0) is 30.1. The Morgan fingerprint density at radius 2 is 1.54 bits per heavy atom. The summed E-state index contributed by atoms with van der Waals surface area (Å²) in [6, 6.07) is 5.85. The van der Waals surface area contributed by atoms with Gasteiger partial charge in [-0.1, -0.05) is 0 Å². The van der Waals surface area contributed by atoms with Crippen LogP contribution in [0, 0.1) is 0 Å². The number of alkyl halides is 2. The van der Waals surface area contributed by atoms with E-state index in [0.717, 1.165) is 12.5 Å². The van der Waals surface area contributed by atoms with E-state index >= 15 is 0 Å². The minimum atomic E-state index is -4.14. The molecular formula is C26H29Cl2NO10S2. The lowest BCUT2D eigenvalue weighted by Gasteiger charge is -2.25. The molecule has 11 nitrogen and oxygen atoms in total. The van der Waals surface area contributed by atoms with Gasteiger partial charge in [0.25, 0.3) is 20.2 Å². The first kappa shape index (κ1) is 31.7. The topological polar surface area (TPSA) is 143 Å². The van der Waals surface area contributed by atoms with Gasteiger partial charge in [-0.25, -0.2) is 0 Å². The second-order valence-corrected chi connectivity index (χ2v) is 13.5. The van der Waals surface area contributed by atoms with Crippen LogP contribution in [0.3, 0.4) is 0 Å². The molecule has 0 saturated carbocycles. The van der Waals surface area contributed by atoms with Crippen LogP contribution in [-0.2, 0) is 35.0 Å². The van der Waals surface area contributed by atoms with Gasteiger partial charge in [0.15, 0.2) is 11.6 Å². The van der Waals surface area contributed by atoms with Crippen molar-refractivity contribution >= 4 is 55.0 Å². The summed E-state index contributed by atoms with van der Waals surface area (Å²) in [5, 5.41) is 0. The molecule has 0 N–H and O–H groups in total. The molecule has 2 aromatic carbocycles. The van der Waals surface area contributed by atoms with Crippen LogP contribution in [-0.4, -0.2) is 97.0 Å². The fourth-order valence-electron chi connectivity index (χ4n) is 5.09. The highest BCUT2D eigenvalue weighted by Gasteiger charge is 2.46. The van der Waals surface area contributed by atoms with Crippen molar-refractivity contribution in [3.05, 3.63) is 57.6 Å². The van der Waals surface area contributed by atoms with E-state index < -0.39 is 44.0 Å². The number of benzene rings is 2. The third-order valence-electron chi connectivity index (χ3n) is 6.70. The number of halogens is 2. The maximum absolute atomic E-state index is 13.8. The predicted molar refractivity (Wildman–Crippen MR) is 152 cm³/mol. The second-order valence-electron chi connectivity index (χ2n) is 9.59. The minimum Gasteiger partial charge on any atom is -0.497 e. The molecule has 0 bridgehead atoms. The van der Waals surface area contributed by atoms with Crippen LogP contribution in [0.1, 0.15) is 49.1 Å². The number of methoxy groups -OCH3 is 1. The highest BCUT2D eigenvalue weighted by Crippen LogP contribution is 2.48. The van der Waals surface area contributed by atoms with Gasteiger partial charge >= 0.3 is 0 Å². The fourth-order valence-corrected chi connectivity index (χ4v) is 6.78. The number of rotatable bonds is 13. The van der Waals surface area contributed by atoms with E-state index in [0.29, 0.717) is 37.1 Å². The van der Waals surface area contributed by atoms with Crippen LogP contribution in [0.15, 0.2) is 24.3 Å². The SMILES string of the molecule is COc1ccc2c(c1)C(=O)c1cc(OCCN(CCCl)CCCl)c3c(c1C2=O)CC(OS(C)(=O)=O)C3OS(C)(=O)=O. The molecule has 0 aliphatic heterocycles. The van der Waals surface area contributed by atoms with Crippen molar-refractivity contribution < 1.29 is 44.3 Å². The fraction of sp³-hybridized carbons (Fsp3) is 0.462. The highest BCUT2D eigenvalue weighted by molar-refractivity contribution is 7.86. The normalized spacial score (nSPS) is 18.3. The van der Waals surface area contributed by atoms with Gasteiger partial charge in [0, 0.05) is 65.6 Å². The Kier molecular flexibility index (Phi) is 9.69. The average Bonchev–Trinajstić information content (AvgIpc) is 3.21. The molecule has 0 amide bonds. The first-order chi connectivity index (χ1) is 19.3. The molecule has 2 aromatic rings. The van der Waals surface area contributed by atoms with Gasteiger partial charge in [-0.15, -0.1) is 23.2 Å². The summed E-state index contributed by atoms with van der Waals surface area (Å²) in [4.78, 5) is 29.4. The molecule has 4 rings (SSSR count). The van der Waals surface area contributed by atoms with E-state index in [4.69, 9.17) is 41.0 Å². The molecule has 0 aromatic heterocycles. The van der Waals surface area contributed by atoms with Crippen molar-refractivity contribution in [1.29, 1.82) is 0 Å². The molecule has 0 saturated heterocycles. The Bertz CT molecular complexity index is 1570. The van der Waals surface area contributed by atoms with Crippen LogP contribution in [0.2, 0.25) is 0 Å². The quantitative estimate of drug-likeness (QED) is 0.199. The number of ketones is 2. The molecule has 0 fully saturated rings. The molecule has 224 valence electrons. The standard InChI is InChI=1S/C26H29Cl2NO10S2/c1-36-15-4-5-16-17(12-15)24(30)19-14-20(37-11-10-29(8-6-27)9-7-28)23-18(22(19)25(16)31)13-21(38-40(2,32)33)26(23)39-41(3,34)35/h4-5,12,14,21,26H,6-11,13H2,1-3H3. The highest BCUT2D eigenvalue weighted by atomic mass is 35.5. The number of nitrogens with zero attached hydrogens (tertiary/aromatic N) is 1. The lowest BCUT2D eigenvalue weighted by molar-refractivity contribution is 0.0759. The van der Waals surface area contributed by atoms with Crippen molar-refractivity contribution in [2.75, 3.05) is 57.6 Å². The zero-order valence-electron chi connectivity index (χ0n) is 22.5. The van der Waals surface area contributed by atoms with E-state index in [1.54, 1.807) is 6.07 Å². The number of hydrogen-bond donors (Lipinski definition) is 0.